The number of nitrogens with one attached hydrogen (secondary N) is 1. The van der Waals surface area contributed by atoms with Crippen molar-refractivity contribution in [2.45, 2.75) is 64.3 Å². The minimum atomic E-state index is -4.67. The fourth-order valence-corrected chi connectivity index (χ4v) is 3.93. The van der Waals surface area contributed by atoms with E-state index in [2.05, 4.69) is 16.1 Å². The predicted molar refractivity (Wildman–Crippen MR) is 125 cm³/mol. The van der Waals surface area contributed by atoms with Crippen LogP contribution in [0.1, 0.15) is 40.3 Å². The molecule has 1 aromatic heterocycles. The molecule has 0 radical (unpaired) electrons. The Labute approximate surface area is 216 Å². The van der Waals surface area contributed by atoms with Gasteiger partial charge in [0, 0.05) is 18.7 Å². The summed E-state index contributed by atoms with van der Waals surface area (Å²) in [5.41, 5.74) is -3.25. The second-order valence-electron chi connectivity index (χ2n) is 8.35. The minimum absolute atomic E-state index is 0.402. The predicted octanol–water partition coefficient (Wildman–Crippen LogP) is 2.91. The normalized spacial score (nSPS) is 21.3. The summed E-state index contributed by atoms with van der Waals surface area (Å²) in [5, 5.41) is 0. The highest BCUT2D eigenvalue weighted by Gasteiger charge is 2.48. The topological polar surface area (TPSA) is 180 Å². The van der Waals surface area contributed by atoms with Gasteiger partial charge in [-0.2, -0.15) is 0 Å². The van der Waals surface area contributed by atoms with Gasteiger partial charge < -0.3 is 23.7 Å². The van der Waals surface area contributed by atoms with Crippen LogP contribution in [0, 0.1) is 0 Å². The van der Waals surface area contributed by atoms with Crippen molar-refractivity contribution in [3.63, 3.8) is 0 Å². The highest BCUT2D eigenvalue weighted by atomic mass is 31.2. The smallest absolute Gasteiger partial charge is 0.432 e. The maximum absolute atomic E-state index is 14.9. The first kappa shape index (κ1) is 31.2. The van der Waals surface area contributed by atoms with E-state index in [9.17, 15) is 28.1 Å². The number of carbonyl (C=O) groups excluding carboxylic acids is 2. The molecule has 0 amide bonds. The molecule has 1 N–H and O–H groups in total. The number of phosphoric ester groups is 1. The van der Waals surface area contributed by atoms with Crippen LogP contribution in [0.3, 0.4) is 0 Å². The van der Waals surface area contributed by atoms with Gasteiger partial charge in [0.05, 0.1) is 18.8 Å². The van der Waals surface area contributed by atoms with E-state index in [1.807, 2.05) is 4.98 Å². The quantitative estimate of drug-likeness (QED) is 0.159. The summed E-state index contributed by atoms with van der Waals surface area (Å²) in [7, 11) is -4.67. The van der Waals surface area contributed by atoms with Crippen molar-refractivity contribution in [2.75, 3.05) is 20.2 Å². The molecule has 1 saturated heterocycles. The monoisotopic (exact) mass is 568 g/mol. The molecule has 15 nitrogen and oxygen atoms in total. The van der Waals surface area contributed by atoms with Crippen molar-refractivity contribution in [1.82, 2.24) is 9.55 Å². The van der Waals surface area contributed by atoms with Gasteiger partial charge in [-0.25, -0.2) is 32.4 Å². The molecule has 1 aliphatic rings. The average Bonchev–Trinajstić information content (AvgIpc) is 3.13. The van der Waals surface area contributed by atoms with Crippen LogP contribution in [-0.2, 0) is 41.8 Å². The lowest BCUT2D eigenvalue weighted by atomic mass is 10.0. The number of nitrogens with zero attached hydrogens (tertiary/aromatic N) is 1. The SMILES string of the molecule is C=CC1(COP(=O)(OCOC(=O)OC(C)C)OCOC(=O)OC(C)C)CC(F)C(n2ccc(=O)[nH]c2=O)O1. The van der Waals surface area contributed by atoms with Gasteiger partial charge in [-0.15, -0.1) is 6.58 Å². The Morgan fingerprint density at radius 1 is 1.16 bits per heavy atom. The molecule has 17 heteroatoms. The zero-order chi connectivity index (χ0) is 28.5. The van der Waals surface area contributed by atoms with Crippen LogP contribution in [0.15, 0.2) is 34.5 Å². The van der Waals surface area contributed by atoms with Crippen molar-refractivity contribution in [3.05, 3.63) is 45.8 Å². The molecule has 0 spiro atoms. The molecule has 2 heterocycles. The van der Waals surface area contributed by atoms with Crippen LogP contribution in [0.25, 0.3) is 0 Å². The summed E-state index contributed by atoms with van der Waals surface area (Å²) in [6, 6.07) is 1.01. The lowest BCUT2D eigenvalue weighted by molar-refractivity contribution is -0.0883. The van der Waals surface area contributed by atoms with E-state index in [1.165, 1.54) is 0 Å². The number of phosphoric acid groups is 1. The van der Waals surface area contributed by atoms with Gasteiger partial charge in [-0.05, 0) is 27.7 Å². The number of hydrogen-bond donors (Lipinski definition) is 1. The van der Waals surface area contributed by atoms with E-state index in [0.29, 0.717) is 0 Å². The Bertz CT molecular complexity index is 1100. The maximum atomic E-state index is 14.9. The maximum Gasteiger partial charge on any atom is 0.510 e. The Morgan fingerprint density at radius 3 is 2.18 bits per heavy atom. The summed E-state index contributed by atoms with van der Waals surface area (Å²) in [4.78, 5) is 48.5. The van der Waals surface area contributed by atoms with Gasteiger partial charge in [-0.1, -0.05) is 6.08 Å². The molecular weight excluding hydrogens is 538 g/mol. The second-order valence-corrected chi connectivity index (χ2v) is 10.0. The van der Waals surface area contributed by atoms with Crippen LogP contribution in [-0.4, -0.2) is 66.0 Å². The summed E-state index contributed by atoms with van der Waals surface area (Å²) in [6.07, 6.45) is -4.74. The van der Waals surface area contributed by atoms with E-state index < -0.39 is 88.2 Å². The number of halogens is 1. The third kappa shape index (κ3) is 9.36. The molecule has 214 valence electrons. The molecule has 3 unspecified atom stereocenters. The molecule has 0 aliphatic carbocycles. The van der Waals surface area contributed by atoms with Gasteiger partial charge >= 0.3 is 25.8 Å². The molecule has 0 bridgehead atoms. The van der Waals surface area contributed by atoms with Gasteiger partial charge in [-0.3, -0.25) is 18.9 Å². The lowest BCUT2D eigenvalue weighted by Crippen LogP contribution is -2.36. The molecule has 38 heavy (non-hydrogen) atoms. The summed E-state index contributed by atoms with van der Waals surface area (Å²) in [5.74, 6) is 0. The summed E-state index contributed by atoms with van der Waals surface area (Å²) < 4.78 is 68.5. The molecule has 3 atom stereocenters. The molecular formula is C21H30FN2O13P. The highest BCUT2D eigenvalue weighted by Crippen LogP contribution is 2.51. The highest BCUT2D eigenvalue weighted by molar-refractivity contribution is 7.48. The largest absolute Gasteiger partial charge is 0.510 e. The number of aromatic amines is 1. The molecule has 1 aliphatic heterocycles. The third-order valence-corrected chi connectivity index (χ3v) is 5.90. The van der Waals surface area contributed by atoms with E-state index in [-0.39, 0.29) is 0 Å². The van der Waals surface area contributed by atoms with Gasteiger partial charge in [0.1, 0.15) is 11.8 Å². The number of hydrogen-bond acceptors (Lipinski definition) is 13. The number of aromatic nitrogens is 2. The Hall–Kier alpha value is -3.04. The second kappa shape index (κ2) is 13.7. The van der Waals surface area contributed by atoms with Crippen LogP contribution < -0.4 is 11.2 Å². The van der Waals surface area contributed by atoms with Crippen molar-refractivity contribution in [2.24, 2.45) is 0 Å². The molecule has 1 aromatic rings. The molecule has 0 aromatic carbocycles. The number of H-pyrrole nitrogens is 1. The first-order chi connectivity index (χ1) is 17.8. The third-order valence-electron chi connectivity index (χ3n) is 4.61. The first-order valence-electron chi connectivity index (χ1n) is 11.3. The van der Waals surface area contributed by atoms with Gasteiger partial charge in [0.15, 0.2) is 6.23 Å². The van der Waals surface area contributed by atoms with E-state index in [0.717, 1.165) is 22.9 Å². The van der Waals surface area contributed by atoms with Crippen molar-refractivity contribution < 1.29 is 55.8 Å². The average molecular weight is 568 g/mol. The lowest BCUT2D eigenvalue weighted by Gasteiger charge is -2.27. The number of ether oxygens (including phenoxy) is 5. The van der Waals surface area contributed by atoms with Crippen LogP contribution in [0.2, 0.25) is 0 Å². The van der Waals surface area contributed by atoms with E-state index in [1.54, 1.807) is 27.7 Å². The minimum Gasteiger partial charge on any atom is -0.432 e. The summed E-state index contributed by atoms with van der Waals surface area (Å²) >= 11 is 0. The standard InChI is InChI=1S/C21H30FN2O13P/c1-6-21(9-15(22)17(37-21)24-8-7-16(25)23-18(24)26)10-32-38(29,33-11-30-19(27)35-13(2)3)34-12-31-20(28)36-14(4)5/h6-8,13-15,17H,1,9-12H2,2-5H3,(H,23,25,26). The molecule has 2 rings (SSSR count). The van der Waals surface area contributed by atoms with Crippen LogP contribution >= 0.6 is 7.82 Å². The number of alkyl halides is 1. The summed E-state index contributed by atoms with van der Waals surface area (Å²) in [6.45, 7) is 7.24. The fourth-order valence-electron chi connectivity index (χ4n) is 2.97. The van der Waals surface area contributed by atoms with E-state index >= 15 is 0 Å². The number of rotatable bonds is 13. The molecule has 0 saturated carbocycles. The zero-order valence-electron chi connectivity index (χ0n) is 21.2. The van der Waals surface area contributed by atoms with Crippen molar-refractivity contribution >= 4 is 20.1 Å². The fraction of sp³-hybridized carbons (Fsp3) is 0.619. The first-order valence-corrected chi connectivity index (χ1v) is 12.7. The van der Waals surface area contributed by atoms with Crippen LogP contribution in [0.4, 0.5) is 14.0 Å². The Balaban J connectivity index is 2.11. The van der Waals surface area contributed by atoms with E-state index in [4.69, 9.17) is 27.8 Å². The van der Waals surface area contributed by atoms with Crippen molar-refractivity contribution in [3.8, 4) is 0 Å². The van der Waals surface area contributed by atoms with Gasteiger partial charge in [0.25, 0.3) is 5.56 Å². The van der Waals surface area contributed by atoms with Crippen LogP contribution in [0.5, 0.6) is 0 Å². The zero-order valence-corrected chi connectivity index (χ0v) is 22.1. The van der Waals surface area contributed by atoms with Crippen molar-refractivity contribution in [1.29, 1.82) is 0 Å². The Morgan fingerprint density at radius 2 is 1.71 bits per heavy atom. The Kier molecular flexibility index (Phi) is 11.2. The van der Waals surface area contributed by atoms with Gasteiger partial charge in [0.2, 0.25) is 13.6 Å². The molecule has 1 fully saturated rings. The number of carbonyl (C=O) groups is 2.